The molecule has 2 N–H and O–H groups in total. The van der Waals surface area contributed by atoms with Crippen LogP contribution in [0, 0.1) is 17.8 Å². The Morgan fingerprint density at radius 3 is 2.47 bits per heavy atom. The van der Waals surface area contributed by atoms with Crippen molar-refractivity contribution in [1.82, 2.24) is 4.90 Å². The first-order chi connectivity index (χ1) is 9.19. The first-order valence-corrected chi connectivity index (χ1v) is 7.76. The normalized spacial score (nSPS) is 42.4. The molecular weight excluding hydrogens is 240 g/mol. The van der Waals surface area contributed by atoms with Gasteiger partial charge in [0.2, 0.25) is 5.91 Å². The highest BCUT2D eigenvalue weighted by Gasteiger charge is 2.42. The van der Waals surface area contributed by atoms with E-state index in [-0.39, 0.29) is 12.0 Å². The highest BCUT2D eigenvalue weighted by Crippen LogP contribution is 2.42. The van der Waals surface area contributed by atoms with Gasteiger partial charge in [-0.05, 0) is 43.9 Å². The van der Waals surface area contributed by atoms with Gasteiger partial charge in [0.25, 0.3) is 0 Å². The highest BCUT2D eigenvalue weighted by molar-refractivity contribution is 5.79. The second-order valence-corrected chi connectivity index (χ2v) is 6.63. The summed E-state index contributed by atoms with van der Waals surface area (Å²) in [4.78, 5) is 14.6. The van der Waals surface area contributed by atoms with Crippen molar-refractivity contribution in [1.29, 1.82) is 0 Å². The van der Waals surface area contributed by atoms with Crippen LogP contribution in [-0.4, -0.2) is 43.2 Å². The average molecular weight is 266 g/mol. The standard InChI is InChI=1S/C15H26N2O2/c1-19-13-5-6-17(9-13)15(18)12-7-10-3-2-4-11(8-12)14(10)16/h10-14H,2-9,16H2,1H3/t10?,11?,12?,13-,14?/m0/s1. The van der Waals surface area contributed by atoms with E-state index in [1.165, 1.54) is 19.3 Å². The van der Waals surface area contributed by atoms with E-state index < -0.39 is 0 Å². The maximum absolute atomic E-state index is 12.6. The fourth-order valence-electron chi connectivity index (χ4n) is 4.37. The number of amides is 1. The van der Waals surface area contributed by atoms with Crippen LogP contribution in [0.5, 0.6) is 0 Å². The second-order valence-electron chi connectivity index (χ2n) is 6.63. The van der Waals surface area contributed by atoms with E-state index in [1.807, 2.05) is 4.90 Å². The molecule has 19 heavy (non-hydrogen) atoms. The first-order valence-electron chi connectivity index (χ1n) is 7.76. The molecule has 2 saturated carbocycles. The van der Waals surface area contributed by atoms with E-state index in [4.69, 9.17) is 10.5 Å². The van der Waals surface area contributed by atoms with Gasteiger partial charge < -0.3 is 15.4 Å². The summed E-state index contributed by atoms with van der Waals surface area (Å²) in [5.74, 6) is 1.76. The van der Waals surface area contributed by atoms with Gasteiger partial charge in [0.05, 0.1) is 6.10 Å². The Balaban J connectivity index is 1.62. The number of nitrogens with two attached hydrogens (primary N) is 1. The largest absolute Gasteiger partial charge is 0.380 e. The summed E-state index contributed by atoms with van der Waals surface area (Å²) in [6, 6.07) is 0.350. The molecule has 3 aliphatic rings. The van der Waals surface area contributed by atoms with Crippen LogP contribution in [0.2, 0.25) is 0 Å². The topological polar surface area (TPSA) is 55.6 Å². The number of carbonyl (C=O) groups excluding carboxylic acids is 1. The molecule has 0 radical (unpaired) electrons. The zero-order valence-electron chi connectivity index (χ0n) is 11.9. The number of hydrogen-bond acceptors (Lipinski definition) is 3. The van der Waals surface area contributed by atoms with Crippen molar-refractivity contribution in [3.05, 3.63) is 0 Å². The van der Waals surface area contributed by atoms with E-state index in [9.17, 15) is 4.79 Å². The number of carbonyl (C=O) groups is 1. The van der Waals surface area contributed by atoms with E-state index in [0.717, 1.165) is 32.4 Å². The molecular formula is C15H26N2O2. The van der Waals surface area contributed by atoms with Crippen molar-refractivity contribution < 1.29 is 9.53 Å². The minimum Gasteiger partial charge on any atom is -0.380 e. The van der Waals surface area contributed by atoms with E-state index in [2.05, 4.69) is 0 Å². The lowest BCUT2D eigenvalue weighted by Crippen LogP contribution is -2.49. The Hall–Kier alpha value is -0.610. The lowest BCUT2D eigenvalue weighted by Gasteiger charge is -2.44. The third-order valence-electron chi connectivity index (χ3n) is 5.55. The monoisotopic (exact) mass is 266 g/mol. The van der Waals surface area contributed by atoms with Crippen LogP contribution in [0.25, 0.3) is 0 Å². The fraction of sp³-hybridized carbons (Fsp3) is 0.933. The molecule has 2 aliphatic carbocycles. The molecule has 1 heterocycles. The minimum absolute atomic E-state index is 0.228. The smallest absolute Gasteiger partial charge is 0.225 e. The van der Waals surface area contributed by atoms with Gasteiger partial charge in [0.1, 0.15) is 0 Å². The predicted molar refractivity (Wildman–Crippen MR) is 73.5 cm³/mol. The van der Waals surface area contributed by atoms with Gasteiger partial charge in [-0.1, -0.05) is 6.42 Å². The molecule has 3 fully saturated rings. The summed E-state index contributed by atoms with van der Waals surface area (Å²) >= 11 is 0. The van der Waals surface area contributed by atoms with E-state index in [0.29, 0.717) is 23.8 Å². The zero-order valence-corrected chi connectivity index (χ0v) is 11.9. The average Bonchev–Trinajstić information content (AvgIpc) is 2.86. The maximum atomic E-state index is 12.6. The van der Waals surface area contributed by atoms with Crippen LogP contribution >= 0.6 is 0 Å². The summed E-state index contributed by atoms with van der Waals surface area (Å²) in [6.07, 6.45) is 7.02. The van der Waals surface area contributed by atoms with Gasteiger partial charge in [-0.2, -0.15) is 0 Å². The summed E-state index contributed by atoms with van der Waals surface area (Å²) < 4.78 is 5.36. The Labute approximate surface area is 115 Å². The molecule has 0 spiro atoms. The van der Waals surface area contributed by atoms with Crippen LogP contribution in [0.3, 0.4) is 0 Å². The molecule has 2 unspecified atom stereocenters. The van der Waals surface area contributed by atoms with E-state index in [1.54, 1.807) is 7.11 Å². The predicted octanol–water partition coefficient (Wildman–Crippen LogP) is 1.39. The molecule has 3 rings (SSSR count). The third-order valence-corrected chi connectivity index (χ3v) is 5.55. The highest BCUT2D eigenvalue weighted by atomic mass is 16.5. The quantitative estimate of drug-likeness (QED) is 0.821. The lowest BCUT2D eigenvalue weighted by molar-refractivity contribution is -0.138. The molecule has 4 heteroatoms. The molecule has 1 amide bonds. The lowest BCUT2D eigenvalue weighted by atomic mass is 9.65. The second kappa shape index (κ2) is 5.41. The molecule has 4 nitrogen and oxygen atoms in total. The van der Waals surface area contributed by atoms with Crippen molar-refractivity contribution in [3.8, 4) is 0 Å². The molecule has 2 bridgehead atoms. The van der Waals surface area contributed by atoms with Crippen molar-refractivity contribution in [3.63, 3.8) is 0 Å². The third kappa shape index (κ3) is 2.52. The summed E-state index contributed by atoms with van der Waals surface area (Å²) in [7, 11) is 1.74. The van der Waals surface area contributed by atoms with Crippen molar-refractivity contribution in [2.24, 2.45) is 23.5 Å². The Bertz CT molecular complexity index is 333. The molecule has 3 atom stereocenters. The van der Waals surface area contributed by atoms with E-state index >= 15 is 0 Å². The van der Waals surface area contributed by atoms with Crippen LogP contribution < -0.4 is 5.73 Å². The number of hydrogen-bond donors (Lipinski definition) is 1. The van der Waals surface area contributed by atoms with Gasteiger partial charge in [-0.15, -0.1) is 0 Å². The number of nitrogens with zero attached hydrogens (tertiary/aromatic N) is 1. The SMILES string of the molecule is CO[C@H]1CCN(C(=O)C2CC3CCCC(C2)C3N)C1. The molecule has 0 aromatic carbocycles. The summed E-state index contributed by atoms with van der Waals surface area (Å²) in [5, 5.41) is 0. The van der Waals surface area contributed by atoms with Crippen molar-refractivity contribution >= 4 is 5.91 Å². The van der Waals surface area contributed by atoms with Gasteiger partial charge in [0.15, 0.2) is 0 Å². The number of ether oxygens (including phenoxy) is 1. The van der Waals surface area contributed by atoms with Gasteiger partial charge >= 0.3 is 0 Å². The Morgan fingerprint density at radius 2 is 1.89 bits per heavy atom. The zero-order chi connectivity index (χ0) is 13.4. The van der Waals surface area contributed by atoms with Crippen molar-refractivity contribution in [2.75, 3.05) is 20.2 Å². The number of rotatable bonds is 2. The molecule has 0 aromatic heterocycles. The summed E-state index contributed by atoms with van der Waals surface area (Å²) in [5.41, 5.74) is 6.30. The Morgan fingerprint density at radius 1 is 1.21 bits per heavy atom. The maximum Gasteiger partial charge on any atom is 0.225 e. The number of methoxy groups -OCH3 is 1. The summed E-state index contributed by atoms with van der Waals surface area (Å²) in [6.45, 7) is 1.66. The fourth-order valence-corrected chi connectivity index (χ4v) is 4.37. The molecule has 0 aromatic rings. The minimum atomic E-state index is 0.228. The molecule has 1 aliphatic heterocycles. The van der Waals surface area contributed by atoms with Gasteiger partial charge in [-0.3, -0.25) is 4.79 Å². The number of likely N-dealkylation sites (tertiary alicyclic amines) is 1. The van der Waals surface area contributed by atoms with Crippen LogP contribution in [0.15, 0.2) is 0 Å². The van der Waals surface area contributed by atoms with Gasteiger partial charge in [-0.25, -0.2) is 0 Å². The van der Waals surface area contributed by atoms with Crippen LogP contribution in [-0.2, 0) is 9.53 Å². The number of fused-ring (bicyclic) bond motifs is 2. The molecule has 108 valence electrons. The van der Waals surface area contributed by atoms with Crippen molar-refractivity contribution in [2.45, 2.75) is 50.7 Å². The van der Waals surface area contributed by atoms with Gasteiger partial charge in [0, 0.05) is 32.2 Å². The molecule has 1 saturated heterocycles. The Kier molecular flexibility index (Phi) is 3.81. The van der Waals surface area contributed by atoms with Crippen LogP contribution in [0.4, 0.5) is 0 Å². The first kappa shape index (κ1) is 13.4. The van der Waals surface area contributed by atoms with Crippen LogP contribution in [0.1, 0.15) is 38.5 Å².